The molecule has 0 unspecified atom stereocenters. The van der Waals surface area contributed by atoms with Crippen LogP contribution in [0, 0.1) is 0 Å². The number of hydrazone groups is 1. The highest BCUT2D eigenvalue weighted by Gasteiger charge is 2.23. The van der Waals surface area contributed by atoms with Crippen LogP contribution in [0.2, 0.25) is 0 Å². The van der Waals surface area contributed by atoms with Gasteiger partial charge in [0, 0.05) is 11.9 Å². The van der Waals surface area contributed by atoms with Crippen molar-refractivity contribution in [2.75, 3.05) is 6.61 Å². The zero-order valence-corrected chi connectivity index (χ0v) is 14.0. The fourth-order valence-corrected chi connectivity index (χ4v) is 2.74. The topological polar surface area (TPSA) is 66.5 Å². The molecule has 1 amide bonds. The Hall–Kier alpha value is -3.60. The van der Waals surface area contributed by atoms with Crippen LogP contribution in [0.5, 0.6) is 5.75 Å². The molecule has 3 aromatic rings. The first kappa shape index (κ1) is 15.9. The fraction of sp³-hybridized carbons (Fsp3) is 0.0476. The third-order valence-electron chi connectivity index (χ3n) is 4.11. The highest BCUT2D eigenvalue weighted by Crippen LogP contribution is 2.22. The van der Waals surface area contributed by atoms with Crippen molar-refractivity contribution in [3.63, 3.8) is 0 Å². The van der Waals surface area contributed by atoms with Gasteiger partial charge in [-0.05, 0) is 41.5 Å². The normalized spacial score (nSPS) is 15.0. The van der Waals surface area contributed by atoms with Crippen LogP contribution in [0.4, 0.5) is 0 Å². The molecule has 4 rings (SSSR count). The third kappa shape index (κ3) is 3.42. The van der Waals surface area contributed by atoms with Gasteiger partial charge in [-0.2, -0.15) is 5.10 Å². The summed E-state index contributed by atoms with van der Waals surface area (Å²) in [5.74, 6) is 0.503. The van der Waals surface area contributed by atoms with Crippen molar-refractivity contribution in [1.29, 1.82) is 0 Å². The lowest BCUT2D eigenvalue weighted by atomic mass is 10.1. The van der Waals surface area contributed by atoms with E-state index in [4.69, 9.17) is 4.74 Å². The van der Waals surface area contributed by atoms with Crippen LogP contribution in [0.1, 0.15) is 5.69 Å². The minimum absolute atomic E-state index is 0.218. The summed E-state index contributed by atoms with van der Waals surface area (Å²) in [5.41, 5.74) is 6.70. The van der Waals surface area contributed by atoms with Gasteiger partial charge in [-0.3, -0.25) is 4.79 Å². The number of nitrogens with one attached hydrogen (secondary N) is 2. The standard InChI is InChI=1S/C21H17N3O2/c25-21-19(13-17-7-4-12-22-17)20(23-24-21)14-26-18-10-8-16(9-11-18)15-5-2-1-3-6-15/h1-13,22H,14H2,(H,24,25). The number of ether oxygens (including phenoxy) is 1. The van der Waals surface area contributed by atoms with Crippen LogP contribution in [0.3, 0.4) is 0 Å². The molecule has 2 N–H and O–H groups in total. The molecule has 0 spiro atoms. The molecule has 26 heavy (non-hydrogen) atoms. The molecule has 5 heteroatoms. The van der Waals surface area contributed by atoms with E-state index < -0.39 is 0 Å². The van der Waals surface area contributed by atoms with E-state index in [1.54, 1.807) is 12.3 Å². The van der Waals surface area contributed by atoms with Gasteiger partial charge in [-0.15, -0.1) is 0 Å². The number of hydrogen-bond donors (Lipinski definition) is 2. The largest absolute Gasteiger partial charge is 0.487 e. The highest BCUT2D eigenvalue weighted by atomic mass is 16.5. The number of hydrogen-bond acceptors (Lipinski definition) is 3. The summed E-state index contributed by atoms with van der Waals surface area (Å²) in [6, 6.07) is 21.8. The maximum Gasteiger partial charge on any atom is 0.273 e. The Balaban J connectivity index is 1.44. The van der Waals surface area contributed by atoms with Crippen molar-refractivity contribution >= 4 is 17.7 Å². The Morgan fingerprint density at radius 1 is 0.923 bits per heavy atom. The van der Waals surface area contributed by atoms with E-state index >= 15 is 0 Å². The zero-order chi connectivity index (χ0) is 17.8. The van der Waals surface area contributed by atoms with Crippen molar-refractivity contribution in [2.24, 2.45) is 5.10 Å². The first-order valence-corrected chi connectivity index (χ1v) is 8.30. The number of amides is 1. The number of aromatic amines is 1. The Labute approximate surface area is 151 Å². The van der Waals surface area contributed by atoms with Gasteiger partial charge in [-0.1, -0.05) is 42.5 Å². The van der Waals surface area contributed by atoms with Crippen molar-refractivity contribution in [3.8, 4) is 16.9 Å². The van der Waals surface area contributed by atoms with Crippen LogP contribution in [-0.4, -0.2) is 23.2 Å². The number of benzene rings is 2. The quantitative estimate of drug-likeness (QED) is 0.695. The van der Waals surface area contributed by atoms with Crippen molar-refractivity contribution < 1.29 is 9.53 Å². The zero-order valence-electron chi connectivity index (χ0n) is 14.0. The Bertz CT molecular complexity index is 956. The molecule has 0 bridgehead atoms. The summed E-state index contributed by atoms with van der Waals surface area (Å²) in [7, 11) is 0. The second kappa shape index (κ2) is 7.11. The molecule has 0 fully saturated rings. The monoisotopic (exact) mass is 343 g/mol. The number of H-pyrrole nitrogens is 1. The lowest BCUT2D eigenvalue weighted by molar-refractivity contribution is -0.116. The van der Waals surface area contributed by atoms with E-state index in [-0.39, 0.29) is 12.5 Å². The van der Waals surface area contributed by atoms with Gasteiger partial charge in [0.2, 0.25) is 0 Å². The Morgan fingerprint density at radius 2 is 1.69 bits per heavy atom. The number of carbonyl (C=O) groups excluding carboxylic acids is 1. The molecular weight excluding hydrogens is 326 g/mol. The molecule has 1 aliphatic rings. The minimum atomic E-state index is -0.224. The summed E-state index contributed by atoms with van der Waals surface area (Å²) in [6.45, 7) is 0.218. The van der Waals surface area contributed by atoms with Crippen LogP contribution >= 0.6 is 0 Å². The van der Waals surface area contributed by atoms with Gasteiger partial charge >= 0.3 is 0 Å². The number of rotatable bonds is 5. The molecular formula is C21H17N3O2. The average molecular weight is 343 g/mol. The molecule has 2 heterocycles. The lowest BCUT2D eigenvalue weighted by Crippen LogP contribution is -2.16. The molecule has 1 aliphatic heterocycles. The van der Waals surface area contributed by atoms with E-state index in [1.165, 1.54) is 0 Å². The van der Waals surface area contributed by atoms with E-state index in [0.717, 1.165) is 22.6 Å². The van der Waals surface area contributed by atoms with Gasteiger partial charge in [0.05, 0.1) is 5.57 Å². The number of carbonyl (C=O) groups is 1. The lowest BCUT2D eigenvalue weighted by Gasteiger charge is -2.07. The summed E-state index contributed by atoms with van der Waals surface area (Å²) < 4.78 is 5.80. The molecule has 128 valence electrons. The number of nitrogens with zero attached hydrogens (tertiary/aromatic N) is 1. The van der Waals surface area contributed by atoms with Gasteiger partial charge < -0.3 is 9.72 Å². The molecule has 0 saturated heterocycles. The summed E-state index contributed by atoms with van der Waals surface area (Å²) in [6.07, 6.45) is 3.57. The maximum atomic E-state index is 12.0. The van der Waals surface area contributed by atoms with Gasteiger partial charge in [-0.25, -0.2) is 5.43 Å². The van der Waals surface area contributed by atoms with Crippen LogP contribution in [0.15, 0.2) is 83.6 Å². The SMILES string of the molecule is O=C1NN=C(COc2ccc(-c3ccccc3)cc2)C1=Cc1ccc[nH]1. The van der Waals surface area contributed by atoms with Crippen molar-refractivity contribution in [2.45, 2.75) is 0 Å². The van der Waals surface area contributed by atoms with Gasteiger partial charge in [0.1, 0.15) is 18.1 Å². The first-order valence-electron chi connectivity index (χ1n) is 8.30. The highest BCUT2D eigenvalue weighted by molar-refractivity contribution is 6.28. The third-order valence-corrected chi connectivity index (χ3v) is 4.11. The van der Waals surface area contributed by atoms with E-state index in [0.29, 0.717) is 11.3 Å². The van der Waals surface area contributed by atoms with Gasteiger partial charge in [0.15, 0.2) is 0 Å². The van der Waals surface area contributed by atoms with Crippen LogP contribution in [0.25, 0.3) is 17.2 Å². The van der Waals surface area contributed by atoms with Crippen LogP contribution < -0.4 is 10.2 Å². The second-order valence-electron chi connectivity index (χ2n) is 5.86. The molecule has 0 radical (unpaired) electrons. The molecule has 0 aliphatic carbocycles. The molecule has 0 atom stereocenters. The first-order chi connectivity index (χ1) is 12.8. The summed E-state index contributed by atoms with van der Waals surface area (Å²) in [5, 5.41) is 4.07. The maximum absolute atomic E-state index is 12.0. The predicted octanol–water partition coefficient (Wildman–Crippen LogP) is 3.63. The smallest absolute Gasteiger partial charge is 0.273 e. The van der Waals surface area contributed by atoms with Crippen LogP contribution in [-0.2, 0) is 4.79 Å². The summed E-state index contributed by atoms with van der Waals surface area (Å²) in [4.78, 5) is 15.0. The van der Waals surface area contributed by atoms with E-state index in [9.17, 15) is 4.79 Å². The Kier molecular flexibility index (Phi) is 4.35. The average Bonchev–Trinajstić information content (AvgIpc) is 3.32. The molecule has 1 aromatic heterocycles. The number of aromatic nitrogens is 1. The van der Waals surface area contributed by atoms with Crippen molar-refractivity contribution in [1.82, 2.24) is 10.4 Å². The molecule has 5 nitrogen and oxygen atoms in total. The second-order valence-corrected chi connectivity index (χ2v) is 5.86. The van der Waals surface area contributed by atoms with E-state index in [2.05, 4.69) is 27.6 Å². The molecule has 0 saturated carbocycles. The summed E-state index contributed by atoms with van der Waals surface area (Å²) >= 11 is 0. The van der Waals surface area contributed by atoms with E-state index in [1.807, 2.05) is 54.6 Å². The van der Waals surface area contributed by atoms with Crippen molar-refractivity contribution in [3.05, 3.63) is 84.2 Å². The Morgan fingerprint density at radius 3 is 2.42 bits per heavy atom. The fourth-order valence-electron chi connectivity index (χ4n) is 2.74. The van der Waals surface area contributed by atoms with Gasteiger partial charge in [0.25, 0.3) is 5.91 Å². The minimum Gasteiger partial charge on any atom is -0.487 e. The predicted molar refractivity (Wildman–Crippen MR) is 102 cm³/mol. The molecule has 2 aromatic carbocycles.